The van der Waals surface area contributed by atoms with E-state index >= 15 is 0 Å². The second kappa shape index (κ2) is 9.05. The van der Waals surface area contributed by atoms with Crippen LogP contribution < -0.4 is 0 Å². The van der Waals surface area contributed by atoms with Crippen molar-refractivity contribution in [2.24, 2.45) is 0 Å². The summed E-state index contributed by atoms with van der Waals surface area (Å²) in [6.07, 6.45) is 3.43. The molecule has 0 N–H and O–H groups in total. The van der Waals surface area contributed by atoms with Crippen molar-refractivity contribution in [2.75, 3.05) is 32.8 Å². The van der Waals surface area contributed by atoms with Crippen LogP contribution in [0.2, 0.25) is 0 Å². The minimum absolute atomic E-state index is 0.0463. The fourth-order valence-corrected chi connectivity index (χ4v) is 4.52. The number of piperazine rings is 1. The van der Waals surface area contributed by atoms with E-state index in [-0.39, 0.29) is 18.1 Å². The minimum Gasteiger partial charge on any atom is -0.371 e. The first-order valence-electron chi connectivity index (χ1n) is 10.9. The van der Waals surface area contributed by atoms with Crippen molar-refractivity contribution < 1.29 is 9.53 Å². The van der Waals surface area contributed by atoms with Crippen LogP contribution in [0.25, 0.3) is 10.7 Å². The minimum atomic E-state index is -0.0463. The molecular weight excluding hydrogens is 420 g/mol. The third-order valence-corrected chi connectivity index (χ3v) is 6.41. The van der Waals surface area contributed by atoms with Crippen molar-refractivity contribution in [3.05, 3.63) is 71.0 Å². The molecule has 5 rings (SSSR count). The first kappa shape index (κ1) is 21.2. The van der Waals surface area contributed by atoms with Gasteiger partial charge in [-0.25, -0.2) is 9.83 Å². The first-order valence-corrected chi connectivity index (χ1v) is 10.9. The molecule has 0 saturated carbocycles. The highest BCUT2D eigenvalue weighted by molar-refractivity contribution is 5.79. The van der Waals surface area contributed by atoms with Gasteiger partial charge < -0.3 is 9.64 Å². The summed E-state index contributed by atoms with van der Waals surface area (Å²) in [5.41, 5.74) is 3.60. The number of morpholine rings is 1. The topological polar surface area (TPSA) is 93.6 Å². The maximum absolute atomic E-state index is 12.9. The van der Waals surface area contributed by atoms with E-state index in [1.807, 2.05) is 36.1 Å². The van der Waals surface area contributed by atoms with E-state index in [2.05, 4.69) is 30.3 Å². The molecule has 2 aliphatic rings. The molecule has 0 aliphatic carbocycles. The van der Waals surface area contributed by atoms with Gasteiger partial charge in [-0.3, -0.25) is 9.69 Å². The van der Waals surface area contributed by atoms with Gasteiger partial charge >= 0.3 is 0 Å². The summed E-state index contributed by atoms with van der Waals surface area (Å²) in [6, 6.07) is 9.68. The standard InChI is InChI=1S/C23H24N8O2/c1-16-19(4-3-5-20(16)24-2)21-13-29-8-9-30(12-18(29)14-33-21)23(32)10-17-6-7-22(25-11-17)31-15-26-27-28-31/h3-7,11,15,18,21H,8-10,12-14H2,1H3/t18-,21+/m1/s1. The van der Waals surface area contributed by atoms with E-state index in [1.54, 1.807) is 12.3 Å². The summed E-state index contributed by atoms with van der Waals surface area (Å²) < 4.78 is 7.67. The van der Waals surface area contributed by atoms with Crippen LogP contribution >= 0.6 is 0 Å². The Hall–Kier alpha value is -3.68. The van der Waals surface area contributed by atoms with Gasteiger partial charge in [0.05, 0.1) is 31.7 Å². The van der Waals surface area contributed by atoms with E-state index in [0.717, 1.165) is 29.8 Å². The normalized spacial score (nSPS) is 20.8. The third-order valence-electron chi connectivity index (χ3n) is 6.41. The molecule has 4 heterocycles. The van der Waals surface area contributed by atoms with Gasteiger partial charge in [-0.1, -0.05) is 24.3 Å². The summed E-state index contributed by atoms with van der Waals surface area (Å²) in [4.78, 5) is 25.2. The molecule has 33 heavy (non-hydrogen) atoms. The lowest BCUT2D eigenvalue weighted by Crippen LogP contribution is -2.59. The monoisotopic (exact) mass is 444 g/mol. The van der Waals surface area contributed by atoms with Crippen LogP contribution in [0, 0.1) is 13.5 Å². The van der Waals surface area contributed by atoms with Crippen molar-refractivity contribution in [1.29, 1.82) is 0 Å². The summed E-state index contributed by atoms with van der Waals surface area (Å²) in [6.45, 7) is 12.8. The number of rotatable bonds is 4. The van der Waals surface area contributed by atoms with Crippen molar-refractivity contribution in [3.8, 4) is 5.82 Å². The van der Waals surface area contributed by atoms with Crippen LogP contribution in [-0.4, -0.2) is 79.7 Å². The van der Waals surface area contributed by atoms with E-state index in [9.17, 15) is 4.79 Å². The molecule has 168 valence electrons. The maximum atomic E-state index is 12.9. The number of carbonyl (C=O) groups is 1. The average Bonchev–Trinajstić information content (AvgIpc) is 3.39. The van der Waals surface area contributed by atoms with Crippen molar-refractivity contribution in [1.82, 2.24) is 35.0 Å². The summed E-state index contributed by atoms with van der Waals surface area (Å²) in [7, 11) is 0. The SMILES string of the molecule is [C-]#[N+]c1cccc([C@@H]2CN3CCN(C(=O)Cc4ccc(-n5cnnn5)nc4)C[C@@H]3CO2)c1C. The number of tetrazole rings is 1. The van der Waals surface area contributed by atoms with E-state index in [4.69, 9.17) is 11.3 Å². The van der Waals surface area contributed by atoms with Crippen LogP contribution in [0.15, 0.2) is 42.9 Å². The van der Waals surface area contributed by atoms with Gasteiger partial charge in [0.15, 0.2) is 11.5 Å². The largest absolute Gasteiger partial charge is 0.371 e. The van der Waals surface area contributed by atoms with Gasteiger partial charge in [0.2, 0.25) is 5.91 Å². The molecule has 2 aromatic heterocycles. The Balaban J connectivity index is 1.18. The molecule has 2 atom stereocenters. The highest BCUT2D eigenvalue weighted by Crippen LogP contribution is 2.32. The number of hydrogen-bond donors (Lipinski definition) is 0. The van der Waals surface area contributed by atoms with E-state index in [1.165, 1.54) is 11.0 Å². The molecule has 2 saturated heterocycles. The molecule has 1 amide bonds. The highest BCUT2D eigenvalue weighted by Gasteiger charge is 2.35. The Bertz CT molecular complexity index is 1170. The van der Waals surface area contributed by atoms with Gasteiger partial charge in [-0.15, -0.1) is 5.10 Å². The predicted molar refractivity (Wildman–Crippen MR) is 119 cm³/mol. The van der Waals surface area contributed by atoms with Crippen molar-refractivity contribution in [2.45, 2.75) is 25.5 Å². The molecule has 2 fully saturated rings. The molecule has 0 unspecified atom stereocenters. The van der Waals surface area contributed by atoms with Gasteiger partial charge in [0.25, 0.3) is 0 Å². The zero-order valence-electron chi connectivity index (χ0n) is 18.3. The second-order valence-electron chi connectivity index (χ2n) is 8.37. The van der Waals surface area contributed by atoms with Crippen molar-refractivity contribution in [3.63, 3.8) is 0 Å². The molecule has 0 spiro atoms. The molecule has 10 nitrogen and oxygen atoms in total. The smallest absolute Gasteiger partial charge is 0.227 e. The summed E-state index contributed by atoms with van der Waals surface area (Å²) >= 11 is 0. The van der Waals surface area contributed by atoms with Gasteiger partial charge in [-0.05, 0) is 40.1 Å². The molecule has 0 bridgehead atoms. The average molecular weight is 444 g/mol. The number of nitrogens with zero attached hydrogens (tertiary/aromatic N) is 8. The quantitative estimate of drug-likeness (QED) is 0.566. The maximum Gasteiger partial charge on any atom is 0.227 e. The molecule has 10 heteroatoms. The number of fused-ring (bicyclic) bond motifs is 1. The first-order chi connectivity index (χ1) is 16.1. The van der Waals surface area contributed by atoms with E-state index < -0.39 is 0 Å². The van der Waals surface area contributed by atoms with Crippen LogP contribution in [-0.2, 0) is 16.0 Å². The number of carbonyl (C=O) groups excluding carboxylic acids is 1. The van der Waals surface area contributed by atoms with Gasteiger partial charge in [0, 0.05) is 32.4 Å². The highest BCUT2D eigenvalue weighted by atomic mass is 16.5. The van der Waals surface area contributed by atoms with Crippen LogP contribution in [0.1, 0.15) is 22.8 Å². The number of hydrogen-bond acceptors (Lipinski definition) is 7. The number of benzene rings is 1. The van der Waals surface area contributed by atoms with Gasteiger partial charge in [-0.2, -0.15) is 4.68 Å². The van der Waals surface area contributed by atoms with Crippen LogP contribution in [0.3, 0.4) is 0 Å². The number of pyridine rings is 1. The number of ether oxygens (including phenoxy) is 1. The summed E-state index contributed by atoms with van der Waals surface area (Å²) in [5, 5.41) is 11.0. The second-order valence-corrected chi connectivity index (χ2v) is 8.37. The molecule has 0 radical (unpaired) electrons. The van der Waals surface area contributed by atoms with Crippen LogP contribution in [0.4, 0.5) is 5.69 Å². The molecule has 2 aliphatic heterocycles. The fourth-order valence-electron chi connectivity index (χ4n) is 4.52. The molecular formula is C23H24N8O2. The third kappa shape index (κ3) is 4.33. The fraction of sp³-hybridized carbons (Fsp3) is 0.391. The molecule has 1 aromatic carbocycles. The summed E-state index contributed by atoms with van der Waals surface area (Å²) in [5.74, 6) is 0.699. The Kier molecular flexibility index (Phi) is 5.81. The number of aromatic nitrogens is 5. The Morgan fingerprint density at radius 2 is 2.15 bits per heavy atom. The van der Waals surface area contributed by atoms with E-state index in [0.29, 0.717) is 37.6 Å². The zero-order chi connectivity index (χ0) is 22.8. The Morgan fingerprint density at radius 1 is 1.24 bits per heavy atom. The van der Waals surface area contributed by atoms with Crippen molar-refractivity contribution >= 4 is 11.6 Å². The lowest BCUT2D eigenvalue weighted by Gasteiger charge is -2.46. The Labute approximate surface area is 191 Å². The van der Waals surface area contributed by atoms with Crippen LogP contribution in [0.5, 0.6) is 0 Å². The molecule has 3 aromatic rings. The lowest BCUT2D eigenvalue weighted by atomic mass is 9.98. The Morgan fingerprint density at radius 3 is 2.91 bits per heavy atom. The lowest BCUT2D eigenvalue weighted by molar-refractivity contribution is -0.139. The zero-order valence-corrected chi connectivity index (χ0v) is 18.3. The van der Waals surface area contributed by atoms with Gasteiger partial charge in [0.1, 0.15) is 6.33 Å². The predicted octanol–water partition coefficient (Wildman–Crippen LogP) is 1.74. The number of amides is 1.